The summed E-state index contributed by atoms with van der Waals surface area (Å²) in [5.41, 5.74) is 0. The number of nitrogens with one attached hydrogen (secondary N) is 1. The first-order valence-electron chi connectivity index (χ1n) is 5.20. The molecule has 1 fully saturated rings. The normalized spacial score (nSPS) is 21.9. The predicted molar refractivity (Wildman–Crippen MR) is 54.9 cm³/mol. The number of hydrogen-bond acceptors (Lipinski definition) is 3. The molecule has 0 saturated carbocycles. The SMILES string of the molecule is CC(=O)NC(CO)C1CCN(C)CC1. The van der Waals surface area contributed by atoms with E-state index in [1.807, 2.05) is 0 Å². The summed E-state index contributed by atoms with van der Waals surface area (Å²) in [5, 5.41) is 12.0. The lowest BCUT2D eigenvalue weighted by atomic mass is 9.90. The van der Waals surface area contributed by atoms with Gasteiger partial charge in [-0.05, 0) is 38.9 Å². The molecule has 0 aromatic rings. The third-order valence-corrected chi connectivity index (χ3v) is 2.92. The molecule has 0 bridgehead atoms. The molecular formula is C10H20N2O2. The minimum Gasteiger partial charge on any atom is -0.394 e. The van der Waals surface area contributed by atoms with Gasteiger partial charge in [-0.3, -0.25) is 4.79 Å². The Morgan fingerprint density at radius 1 is 1.57 bits per heavy atom. The lowest BCUT2D eigenvalue weighted by Crippen LogP contribution is -2.46. The van der Waals surface area contributed by atoms with Gasteiger partial charge in [-0.1, -0.05) is 0 Å². The zero-order valence-electron chi connectivity index (χ0n) is 8.99. The van der Waals surface area contributed by atoms with Crippen molar-refractivity contribution in [3.63, 3.8) is 0 Å². The summed E-state index contributed by atoms with van der Waals surface area (Å²) in [6.07, 6.45) is 2.12. The van der Waals surface area contributed by atoms with E-state index in [2.05, 4.69) is 17.3 Å². The highest BCUT2D eigenvalue weighted by atomic mass is 16.3. The van der Waals surface area contributed by atoms with Crippen LogP contribution in [-0.2, 0) is 4.79 Å². The maximum atomic E-state index is 10.9. The molecule has 4 heteroatoms. The van der Waals surface area contributed by atoms with Crippen LogP contribution in [-0.4, -0.2) is 48.7 Å². The molecule has 1 unspecified atom stereocenters. The number of likely N-dealkylation sites (tertiary alicyclic amines) is 1. The molecule has 1 rings (SSSR count). The second-order valence-corrected chi connectivity index (χ2v) is 4.13. The van der Waals surface area contributed by atoms with Gasteiger partial charge in [-0.15, -0.1) is 0 Å². The van der Waals surface area contributed by atoms with Crippen molar-refractivity contribution in [1.82, 2.24) is 10.2 Å². The summed E-state index contributed by atoms with van der Waals surface area (Å²) < 4.78 is 0. The largest absolute Gasteiger partial charge is 0.394 e. The molecule has 1 atom stereocenters. The Balaban J connectivity index is 2.40. The van der Waals surface area contributed by atoms with Gasteiger partial charge in [0, 0.05) is 6.92 Å². The van der Waals surface area contributed by atoms with Crippen LogP contribution in [0.5, 0.6) is 0 Å². The van der Waals surface area contributed by atoms with E-state index in [1.54, 1.807) is 0 Å². The standard InChI is InChI=1S/C10H20N2O2/c1-8(14)11-10(7-13)9-3-5-12(2)6-4-9/h9-10,13H,3-7H2,1-2H3,(H,11,14). The first-order valence-corrected chi connectivity index (χ1v) is 5.20. The molecule has 1 amide bonds. The molecule has 82 valence electrons. The topological polar surface area (TPSA) is 52.6 Å². The highest BCUT2D eigenvalue weighted by Crippen LogP contribution is 2.19. The van der Waals surface area contributed by atoms with Crippen molar-refractivity contribution in [2.45, 2.75) is 25.8 Å². The monoisotopic (exact) mass is 200 g/mol. The lowest BCUT2D eigenvalue weighted by Gasteiger charge is -2.33. The Morgan fingerprint density at radius 2 is 2.14 bits per heavy atom. The maximum absolute atomic E-state index is 10.9. The zero-order chi connectivity index (χ0) is 10.6. The van der Waals surface area contributed by atoms with Crippen LogP contribution in [0.25, 0.3) is 0 Å². The van der Waals surface area contributed by atoms with Crippen LogP contribution in [0.1, 0.15) is 19.8 Å². The number of aliphatic hydroxyl groups excluding tert-OH is 1. The van der Waals surface area contributed by atoms with Gasteiger partial charge in [0.05, 0.1) is 12.6 Å². The van der Waals surface area contributed by atoms with Crippen LogP contribution in [0, 0.1) is 5.92 Å². The zero-order valence-corrected chi connectivity index (χ0v) is 8.99. The number of piperidine rings is 1. The number of aliphatic hydroxyl groups is 1. The third kappa shape index (κ3) is 3.27. The number of rotatable bonds is 3. The fourth-order valence-electron chi connectivity index (χ4n) is 2.00. The second-order valence-electron chi connectivity index (χ2n) is 4.13. The summed E-state index contributed by atoms with van der Waals surface area (Å²) in [6.45, 7) is 3.66. The van der Waals surface area contributed by atoms with E-state index in [4.69, 9.17) is 5.11 Å². The van der Waals surface area contributed by atoms with E-state index in [9.17, 15) is 4.79 Å². The first-order chi connectivity index (χ1) is 6.63. The van der Waals surface area contributed by atoms with Crippen LogP contribution >= 0.6 is 0 Å². The number of carbonyl (C=O) groups excluding carboxylic acids is 1. The maximum Gasteiger partial charge on any atom is 0.217 e. The molecule has 1 saturated heterocycles. The minimum absolute atomic E-state index is 0.0496. The van der Waals surface area contributed by atoms with E-state index in [0.717, 1.165) is 25.9 Å². The Morgan fingerprint density at radius 3 is 2.57 bits per heavy atom. The molecule has 14 heavy (non-hydrogen) atoms. The highest BCUT2D eigenvalue weighted by molar-refractivity contribution is 5.73. The van der Waals surface area contributed by atoms with Crippen LogP contribution in [0.2, 0.25) is 0 Å². The average molecular weight is 200 g/mol. The Labute approximate surface area is 85.3 Å². The van der Waals surface area contributed by atoms with Gasteiger partial charge in [-0.25, -0.2) is 0 Å². The van der Waals surface area contributed by atoms with Crippen molar-refractivity contribution in [3.05, 3.63) is 0 Å². The highest BCUT2D eigenvalue weighted by Gasteiger charge is 2.25. The average Bonchev–Trinajstić information content (AvgIpc) is 2.15. The molecule has 2 N–H and O–H groups in total. The molecule has 4 nitrogen and oxygen atoms in total. The Kier molecular flexibility index (Phi) is 4.35. The van der Waals surface area contributed by atoms with Gasteiger partial charge >= 0.3 is 0 Å². The van der Waals surface area contributed by atoms with E-state index in [0.29, 0.717) is 5.92 Å². The summed E-state index contributed by atoms with van der Waals surface area (Å²) in [5.74, 6) is 0.378. The van der Waals surface area contributed by atoms with Gasteiger partial charge in [-0.2, -0.15) is 0 Å². The molecule has 0 spiro atoms. The van der Waals surface area contributed by atoms with Crippen LogP contribution < -0.4 is 5.32 Å². The van der Waals surface area contributed by atoms with Crippen molar-refractivity contribution in [2.75, 3.05) is 26.7 Å². The molecule has 1 aliphatic heterocycles. The lowest BCUT2D eigenvalue weighted by molar-refractivity contribution is -0.120. The fourth-order valence-corrected chi connectivity index (χ4v) is 2.00. The van der Waals surface area contributed by atoms with Crippen LogP contribution in [0.4, 0.5) is 0 Å². The van der Waals surface area contributed by atoms with Crippen molar-refractivity contribution in [3.8, 4) is 0 Å². The van der Waals surface area contributed by atoms with E-state index < -0.39 is 0 Å². The summed E-state index contributed by atoms with van der Waals surface area (Å²) in [7, 11) is 2.10. The smallest absolute Gasteiger partial charge is 0.217 e. The molecule has 0 radical (unpaired) electrons. The van der Waals surface area contributed by atoms with Crippen molar-refractivity contribution in [2.24, 2.45) is 5.92 Å². The Hall–Kier alpha value is -0.610. The molecule has 0 aromatic carbocycles. The van der Waals surface area contributed by atoms with Gasteiger partial charge in [0.25, 0.3) is 0 Å². The van der Waals surface area contributed by atoms with E-state index >= 15 is 0 Å². The van der Waals surface area contributed by atoms with Gasteiger partial charge in [0.1, 0.15) is 0 Å². The van der Waals surface area contributed by atoms with Crippen molar-refractivity contribution < 1.29 is 9.90 Å². The molecular weight excluding hydrogens is 180 g/mol. The summed E-state index contributed by atoms with van der Waals surface area (Å²) in [6, 6.07) is -0.0544. The number of amides is 1. The van der Waals surface area contributed by atoms with Crippen LogP contribution in [0.3, 0.4) is 0 Å². The fraction of sp³-hybridized carbons (Fsp3) is 0.900. The predicted octanol–water partition coefficient (Wildman–Crippen LogP) is -0.175. The summed E-state index contributed by atoms with van der Waals surface area (Å²) in [4.78, 5) is 13.2. The second kappa shape index (κ2) is 5.32. The minimum atomic E-state index is -0.0544. The number of nitrogens with zero attached hydrogens (tertiary/aromatic N) is 1. The molecule has 1 heterocycles. The van der Waals surface area contributed by atoms with Crippen molar-refractivity contribution in [1.29, 1.82) is 0 Å². The van der Waals surface area contributed by atoms with Gasteiger partial charge < -0.3 is 15.3 Å². The first kappa shape index (κ1) is 11.5. The van der Waals surface area contributed by atoms with Crippen LogP contribution in [0.15, 0.2) is 0 Å². The number of carbonyl (C=O) groups is 1. The third-order valence-electron chi connectivity index (χ3n) is 2.92. The van der Waals surface area contributed by atoms with Gasteiger partial charge in [0.2, 0.25) is 5.91 Å². The quantitative estimate of drug-likeness (QED) is 0.665. The molecule has 0 aliphatic carbocycles. The van der Waals surface area contributed by atoms with Crippen molar-refractivity contribution >= 4 is 5.91 Å². The molecule has 0 aromatic heterocycles. The van der Waals surface area contributed by atoms with E-state index in [1.165, 1.54) is 6.92 Å². The summed E-state index contributed by atoms with van der Waals surface area (Å²) >= 11 is 0. The Bertz CT molecular complexity index is 189. The van der Waals surface area contributed by atoms with Gasteiger partial charge in [0.15, 0.2) is 0 Å². The molecule has 1 aliphatic rings. The van der Waals surface area contributed by atoms with E-state index in [-0.39, 0.29) is 18.6 Å². The number of hydrogen-bond donors (Lipinski definition) is 2.